The Morgan fingerprint density at radius 3 is 2.45 bits per heavy atom. The topological polar surface area (TPSA) is 92.4 Å². The SMILES string of the molecule is NC(=O)C[C@@H]1C[C@@]1(CNC(=O)O)c1cc(F)cc(F)c1. The third-order valence-corrected chi connectivity index (χ3v) is 3.67. The minimum Gasteiger partial charge on any atom is -0.465 e. The molecule has 0 aliphatic heterocycles. The summed E-state index contributed by atoms with van der Waals surface area (Å²) in [6.45, 7) is -0.0107. The Balaban J connectivity index is 2.28. The third kappa shape index (κ3) is 2.87. The zero-order valence-electron chi connectivity index (χ0n) is 10.5. The van der Waals surface area contributed by atoms with Gasteiger partial charge in [-0.1, -0.05) is 0 Å². The zero-order valence-corrected chi connectivity index (χ0v) is 10.5. The summed E-state index contributed by atoms with van der Waals surface area (Å²) in [5.74, 6) is -2.21. The summed E-state index contributed by atoms with van der Waals surface area (Å²) < 4.78 is 26.6. The normalized spacial score (nSPS) is 24.2. The molecule has 5 nitrogen and oxygen atoms in total. The molecular weight excluding hydrogens is 270 g/mol. The number of primary amides is 1. The molecule has 0 saturated heterocycles. The van der Waals surface area contributed by atoms with E-state index in [2.05, 4.69) is 5.32 Å². The molecule has 1 aromatic carbocycles. The van der Waals surface area contributed by atoms with E-state index < -0.39 is 29.0 Å². The molecule has 2 atom stereocenters. The second-order valence-electron chi connectivity index (χ2n) is 5.04. The van der Waals surface area contributed by atoms with Crippen molar-refractivity contribution in [3.05, 3.63) is 35.4 Å². The Morgan fingerprint density at radius 2 is 1.95 bits per heavy atom. The van der Waals surface area contributed by atoms with Crippen molar-refractivity contribution >= 4 is 12.0 Å². The van der Waals surface area contributed by atoms with Crippen LogP contribution >= 0.6 is 0 Å². The van der Waals surface area contributed by atoms with E-state index in [0.717, 1.165) is 18.2 Å². The molecule has 0 aromatic heterocycles. The van der Waals surface area contributed by atoms with Gasteiger partial charge in [-0.15, -0.1) is 0 Å². The van der Waals surface area contributed by atoms with Crippen molar-refractivity contribution in [2.24, 2.45) is 11.7 Å². The molecule has 108 valence electrons. The number of carbonyl (C=O) groups excluding carboxylic acids is 1. The first kappa shape index (κ1) is 14.2. The molecule has 0 spiro atoms. The van der Waals surface area contributed by atoms with Crippen molar-refractivity contribution in [3.63, 3.8) is 0 Å². The predicted octanol–water partition coefficient (Wildman–Crippen LogP) is 1.37. The van der Waals surface area contributed by atoms with Crippen molar-refractivity contribution in [1.29, 1.82) is 0 Å². The van der Waals surface area contributed by atoms with Crippen molar-refractivity contribution < 1.29 is 23.5 Å². The second-order valence-corrected chi connectivity index (χ2v) is 5.04. The lowest BCUT2D eigenvalue weighted by atomic mass is 9.91. The number of carbonyl (C=O) groups is 2. The van der Waals surface area contributed by atoms with E-state index >= 15 is 0 Å². The van der Waals surface area contributed by atoms with Gasteiger partial charge in [-0.25, -0.2) is 13.6 Å². The molecule has 0 unspecified atom stereocenters. The molecule has 0 bridgehead atoms. The molecule has 1 aliphatic rings. The van der Waals surface area contributed by atoms with Crippen LogP contribution in [0.15, 0.2) is 18.2 Å². The van der Waals surface area contributed by atoms with Crippen molar-refractivity contribution in [2.75, 3.05) is 6.54 Å². The highest BCUT2D eigenvalue weighted by molar-refractivity contribution is 5.75. The Bertz CT molecular complexity index is 544. The van der Waals surface area contributed by atoms with Crippen LogP contribution < -0.4 is 11.1 Å². The zero-order chi connectivity index (χ0) is 14.9. The molecule has 20 heavy (non-hydrogen) atoms. The first-order chi connectivity index (χ1) is 9.33. The van der Waals surface area contributed by atoms with Gasteiger partial charge in [0.15, 0.2) is 0 Å². The lowest BCUT2D eigenvalue weighted by molar-refractivity contribution is -0.118. The van der Waals surface area contributed by atoms with Crippen LogP contribution in [0.3, 0.4) is 0 Å². The van der Waals surface area contributed by atoms with Crippen LogP contribution in [0.1, 0.15) is 18.4 Å². The maximum absolute atomic E-state index is 13.3. The summed E-state index contributed by atoms with van der Waals surface area (Å²) in [4.78, 5) is 21.6. The van der Waals surface area contributed by atoms with Crippen LogP contribution in [0.5, 0.6) is 0 Å². The van der Waals surface area contributed by atoms with Crippen molar-refractivity contribution in [3.8, 4) is 0 Å². The summed E-state index contributed by atoms with van der Waals surface area (Å²) >= 11 is 0. The number of carboxylic acid groups (broad SMARTS) is 1. The van der Waals surface area contributed by atoms with E-state index in [9.17, 15) is 18.4 Å². The van der Waals surface area contributed by atoms with Crippen LogP contribution in [-0.4, -0.2) is 23.7 Å². The van der Waals surface area contributed by atoms with Gasteiger partial charge in [0, 0.05) is 24.4 Å². The smallest absolute Gasteiger partial charge is 0.404 e. The minimum absolute atomic E-state index is 0.0107. The quantitative estimate of drug-likeness (QED) is 0.762. The third-order valence-electron chi connectivity index (χ3n) is 3.67. The number of hydrogen-bond donors (Lipinski definition) is 3. The van der Waals surface area contributed by atoms with Crippen LogP contribution in [0.25, 0.3) is 0 Å². The van der Waals surface area contributed by atoms with Gasteiger partial charge in [0.05, 0.1) is 0 Å². The Morgan fingerprint density at radius 1 is 1.35 bits per heavy atom. The number of nitrogens with two attached hydrogens (primary N) is 1. The number of amides is 2. The number of nitrogens with one attached hydrogen (secondary N) is 1. The average molecular weight is 284 g/mol. The van der Waals surface area contributed by atoms with Gasteiger partial charge in [0.25, 0.3) is 0 Å². The lowest BCUT2D eigenvalue weighted by Gasteiger charge is -2.18. The number of halogens is 2. The molecule has 1 saturated carbocycles. The second kappa shape index (κ2) is 5.07. The lowest BCUT2D eigenvalue weighted by Crippen LogP contribution is -2.33. The van der Waals surface area contributed by atoms with Crippen molar-refractivity contribution in [1.82, 2.24) is 5.32 Å². The van der Waals surface area contributed by atoms with E-state index in [1.807, 2.05) is 0 Å². The minimum atomic E-state index is -1.23. The van der Waals surface area contributed by atoms with Gasteiger partial charge >= 0.3 is 6.09 Å². The highest BCUT2D eigenvalue weighted by Gasteiger charge is 2.55. The van der Waals surface area contributed by atoms with E-state index in [-0.39, 0.29) is 18.9 Å². The number of hydrogen-bond acceptors (Lipinski definition) is 2. The van der Waals surface area contributed by atoms with E-state index in [1.54, 1.807) is 0 Å². The maximum atomic E-state index is 13.3. The Kier molecular flexibility index (Phi) is 3.61. The van der Waals surface area contributed by atoms with E-state index in [4.69, 9.17) is 10.8 Å². The van der Waals surface area contributed by atoms with Gasteiger partial charge in [0.2, 0.25) is 5.91 Å². The van der Waals surface area contributed by atoms with Gasteiger partial charge in [-0.3, -0.25) is 4.79 Å². The molecule has 0 heterocycles. The van der Waals surface area contributed by atoms with Crippen LogP contribution in [0.4, 0.5) is 13.6 Å². The first-order valence-electron chi connectivity index (χ1n) is 6.05. The Hall–Kier alpha value is -2.18. The fourth-order valence-electron chi connectivity index (χ4n) is 2.64. The average Bonchev–Trinajstić information content (AvgIpc) is 2.99. The largest absolute Gasteiger partial charge is 0.465 e. The van der Waals surface area contributed by atoms with E-state index in [1.165, 1.54) is 0 Å². The van der Waals surface area contributed by atoms with Gasteiger partial charge < -0.3 is 16.2 Å². The summed E-state index contributed by atoms with van der Waals surface area (Å²) in [7, 11) is 0. The molecule has 1 fully saturated rings. The standard InChI is InChI=1S/C13H14F2N2O3/c14-9-1-7(2-10(15)4-9)13(6-17-12(19)20)5-8(13)3-11(16)18/h1-2,4,8,17H,3,5-6H2,(H2,16,18)(H,19,20)/t8-,13-/m1/s1. The summed E-state index contributed by atoms with van der Waals surface area (Å²) in [6.07, 6.45) is -0.718. The monoisotopic (exact) mass is 284 g/mol. The fraction of sp³-hybridized carbons (Fsp3) is 0.385. The highest BCUT2D eigenvalue weighted by atomic mass is 19.1. The molecule has 7 heteroatoms. The summed E-state index contributed by atoms with van der Waals surface area (Å²) in [5.41, 5.74) is 4.70. The molecule has 0 radical (unpaired) electrons. The molecule has 1 aromatic rings. The fourth-order valence-corrected chi connectivity index (χ4v) is 2.64. The van der Waals surface area contributed by atoms with E-state index in [0.29, 0.717) is 12.0 Å². The Labute approximate surface area is 113 Å². The van der Waals surface area contributed by atoms with Crippen molar-refractivity contribution in [2.45, 2.75) is 18.3 Å². The van der Waals surface area contributed by atoms with Gasteiger partial charge in [-0.2, -0.15) is 0 Å². The molecule has 2 amide bonds. The van der Waals surface area contributed by atoms with Gasteiger partial charge in [-0.05, 0) is 30.0 Å². The molecule has 2 rings (SSSR count). The summed E-state index contributed by atoms with van der Waals surface area (Å²) in [6, 6.07) is 3.06. The molecular formula is C13H14F2N2O3. The van der Waals surface area contributed by atoms with Crippen LogP contribution in [0, 0.1) is 17.6 Å². The first-order valence-corrected chi connectivity index (χ1v) is 6.05. The molecule has 1 aliphatic carbocycles. The van der Waals surface area contributed by atoms with Crippen LogP contribution in [0.2, 0.25) is 0 Å². The highest BCUT2D eigenvalue weighted by Crippen LogP contribution is 2.55. The number of rotatable bonds is 5. The van der Waals surface area contributed by atoms with Crippen LogP contribution in [-0.2, 0) is 10.2 Å². The number of benzene rings is 1. The maximum Gasteiger partial charge on any atom is 0.404 e. The summed E-state index contributed by atoms with van der Waals surface area (Å²) in [5, 5.41) is 10.9. The predicted molar refractivity (Wildman–Crippen MR) is 66.0 cm³/mol. The van der Waals surface area contributed by atoms with Gasteiger partial charge in [0.1, 0.15) is 11.6 Å². The molecule has 4 N–H and O–H groups in total.